The highest BCUT2D eigenvalue weighted by molar-refractivity contribution is 8.02. The van der Waals surface area contributed by atoms with Crippen LogP contribution in [0.5, 0.6) is 0 Å². The van der Waals surface area contributed by atoms with Crippen LogP contribution in [0.25, 0.3) is 0 Å². The summed E-state index contributed by atoms with van der Waals surface area (Å²) >= 11 is 7.97. The number of fused-ring (bicyclic) bond motifs is 1. The first-order valence-corrected chi connectivity index (χ1v) is 13.6. The third-order valence-electron chi connectivity index (χ3n) is 7.34. The molecule has 5 atom stereocenters. The molecule has 7 nitrogen and oxygen atoms in total. The van der Waals surface area contributed by atoms with Crippen molar-refractivity contribution in [1.29, 1.82) is 0 Å². The van der Waals surface area contributed by atoms with Crippen molar-refractivity contribution in [3.63, 3.8) is 0 Å². The van der Waals surface area contributed by atoms with Crippen molar-refractivity contribution in [3.05, 3.63) is 29.3 Å². The normalized spacial score (nSPS) is 29.4. The van der Waals surface area contributed by atoms with Crippen LogP contribution in [-0.4, -0.2) is 63.5 Å². The Kier molecular flexibility index (Phi) is 8.10. The Morgan fingerprint density at radius 1 is 1.21 bits per heavy atom. The second kappa shape index (κ2) is 10.9. The average Bonchev–Trinajstić information content (AvgIpc) is 3.46. The van der Waals surface area contributed by atoms with Crippen molar-refractivity contribution in [2.75, 3.05) is 25.0 Å². The third kappa shape index (κ3) is 4.56. The van der Waals surface area contributed by atoms with E-state index in [0.29, 0.717) is 23.8 Å². The van der Waals surface area contributed by atoms with Crippen molar-refractivity contribution in [1.82, 2.24) is 10.2 Å². The number of benzene rings is 1. The van der Waals surface area contributed by atoms with Crippen molar-refractivity contribution in [2.45, 2.75) is 67.9 Å². The number of amides is 3. The molecule has 0 saturated carbocycles. The van der Waals surface area contributed by atoms with Gasteiger partial charge < -0.3 is 20.6 Å². The number of carbonyl (C=O) groups is 3. The van der Waals surface area contributed by atoms with Gasteiger partial charge in [0.1, 0.15) is 6.04 Å². The van der Waals surface area contributed by atoms with Crippen molar-refractivity contribution < 1.29 is 19.5 Å². The molecule has 1 aromatic rings. The highest BCUT2D eigenvalue weighted by Gasteiger charge is 2.73. The van der Waals surface area contributed by atoms with Gasteiger partial charge in [-0.2, -0.15) is 0 Å². The molecule has 34 heavy (non-hydrogen) atoms. The number of para-hydroxylation sites is 1. The highest BCUT2D eigenvalue weighted by atomic mass is 35.5. The third-order valence-corrected chi connectivity index (χ3v) is 9.62. The van der Waals surface area contributed by atoms with Crippen LogP contribution in [0.2, 0.25) is 5.02 Å². The topological polar surface area (TPSA) is 98.7 Å². The van der Waals surface area contributed by atoms with E-state index < -0.39 is 22.6 Å². The molecule has 4 rings (SSSR count). The Morgan fingerprint density at radius 3 is 2.71 bits per heavy atom. The highest BCUT2D eigenvalue weighted by Crippen LogP contribution is 2.66. The maximum Gasteiger partial charge on any atom is 0.248 e. The number of nitrogens with zero attached hydrogens (tertiary/aromatic N) is 1. The maximum atomic E-state index is 13.8. The smallest absolute Gasteiger partial charge is 0.248 e. The fourth-order valence-corrected chi connectivity index (χ4v) is 8.27. The molecule has 3 heterocycles. The minimum atomic E-state index is -0.641. The fourth-order valence-electron chi connectivity index (χ4n) is 5.87. The number of aliphatic hydroxyl groups excluding tert-OH is 1. The zero-order chi connectivity index (χ0) is 24.3. The molecule has 186 valence electrons. The Bertz CT molecular complexity index is 931. The summed E-state index contributed by atoms with van der Waals surface area (Å²) in [5.41, 5.74) is 0.527. The number of thioether (sulfide) groups is 1. The number of nitrogens with one attached hydrogen (secondary N) is 2. The van der Waals surface area contributed by atoms with Gasteiger partial charge in [0.2, 0.25) is 17.7 Å². The van der Waals surface area contributed by atoms with Gasteiger partial charge in [-0.15, -0.1) is 11.8 Å². The summed E-state index contributed by atoms with van der Waals surface area (Å²) in [6.07, 6.45) is 5.65. The molecule has 0 radical (unpaired) electrons. The van der Waals surface area contributed by atoms with E-state index in [0.717, 1.165) is 44.9 Å². The van der Waals surface area contributed by atoms with Gasteiger partial charge in [-0.05, 0) is 44.2 Å². The summed E-state index contributed by atoms with van der Waals surface area (Å²) in [7, 11) is 0. The number of halogens is 1. The quantitative estimate of drug-likeness (QED) is 0.398. The molecular formula is C25H34ClN3O4S. The lowest BCUT2D eigenvalue weighted by atomic mass is 9.70. The predicted molar refractivity (Wildman–Crippen MR) is 135 cm³/mol. The molecular weight excluding hydrogens is 474 g/mol. The number of carbonyl (C=O) groups excluding carboxylic acids is 3. The minimum absolute atomic E-state index is 0.0608. The monoisotopic (exact) mass is 507 g/mol. The molecule has 9 heteroatoms. The summed E-state index contributed by atoms with van der Waals surface area (Å²) in [5.74, 6) is -1.25. The Labute approximate surface area is 210 Å². The molecule has 2 bridgehead atoms. The van der Waals surface area contributed by atoms with Crippen LogP contribution < -0.4 is 10.6 Å². The van der Waals surface area contributed by atoms with Gasteiger partial charge in [-0.25, -0.2) is 0 Å². The van der Waals surface area contributed by atoms with Gasteiger partial charge in [-0.3, -0.25) is 14.4 Å². The lowest BCUT2D eigenvalue weighted by Crippen LogP contribution is -2.52. The molecule has 1 aromatic carbocycles. The molecule has 3 aliphatic rings. The standard InChI is InChI=1S/C25H34ClN3O4S/c1-2-13-27-22(31)19-18-11-12-25(34-18)20(19)24(33)29(14-7-3-4-8-15-30)21(25)23(32)28-17-10-6-5-9-16(17)26/h5-6,9-10,18-21,30H,2-4,7-8,11-15H2,1H3,(H,27,31)(H,28,32)/t18-,19+,20-,21?,25?/m0/s1. The summed E-state index contributed by atoms with van der Waals surface area (Å²) in [5, 5.41) is 15.5. The van der Waals surface area contributed by atoms with Crippen LogP contribution in [0.15, 0.2) is 24.3 Å². The van der Waals surface area contributed by atoms with Gasteiger partial charge in [0, 0.05) is 24.9 Å². The van der Waals surface area contributed by atoms with Crippen molar-refractivity contribution in [3.8, 4) is 0 Å². The van der Waals surface area contributed by atoms with Gasteiger partial charge in [0.15, 0.2) is 0 Å². The number of anilines is 1. The fraction of sp³-hybridized carbons (Fsp3) is 0.640. The van der Waals surface area contributed by atoms with Gasteiger partial charge >= 0.3 is 0 Å². The zero-order valence-corrected chi connectivity index (χ0v) is 21.2. The van der Waals surface area contributed by atoms with E-state index in [2.05, 4.69) is 10.6 Å². The van der Waals surface area contributed by atoms with Crippen LogP contribution in [-0.2, 0) is 14.4 Å². The largest absolute Gasteiger partial charge is 0.396 e. The van der Waals surface area contributed by atoms with E-state index in [1.807, 2.05) is 13.0 Å². The van der Waals surface area contributed by atoms with E-state index in [4.69, 9.17) is 16.7 Å². The first-order valence-electron chi connectivity index (χ1n) is 12.4. The van der Waals surface area contributed by atoms with E-state index in [1.165, 1.54) is 0 Å². The second-order valence-electron chi connectivity index (χ2n) is 9.49. The molecule has 3 amide bonds. The number of likely N-dealkylation sites (tertiary alicyclic amines) is 1. The zero-order valence-electron chi connectivity index (χ0n) is 19.6. The Morgan fingerprint density at radius 2 is 1.97 bits per heavy atom. The number of hydrogen-bond donors (Lipinski definition) is 3. The lowest BCUT2D eigenvalue weighted by Gasteiger charge is -2.34. The number of aliphatic hydroxyl groups is 1. The first kappa shape index (κ1) is 25.3. The summed E-state index contributed by atoms with van der Waals surface area (Å²) in [4.78, 5) is 42.3. The number of hydrogen-bond acceptors (Lipinski definition) is 5. The molecule has 1 spiro atoms. The van der Waals surface area contributed by atoms with Crippen LogP contribution in [0.3, 0.4) is 0 Å². The van der Waals surface area contributed by atoms with Crippen molar-refractivity contribution >= 4 is 46.8 Å². The summed E-state index contributed by atoms with van der Waals surface area (Å²) < 4.78 is -0.591. The van der Waals surface area contributed by atoms with Crippen LogP contribution >= 0.6 is 23.4 Å². The predicted octanol–water partition coefficient (Wildman–Crippen LogP) is 3.45. The molecule has 0 aromatic heterocycles. The average molecular weight is 508 g/mol. The molecule has 3 fully saturated rings. The Hall–Kier alpha value is -1.77. The van der Waals surface area contributed by atoms with Gasteiger partial charge in [0.25, 0.3) is 0 Å². The van der Waals surface area contributed by atoms with E-state index in [1.54, 1.807) is 34.9 Å². The minimum Gasteiger partial charge on any atom is -0.396 e. The molecule has 3 saturated heterocycles. The molecule has 3 N–H and O–H groups in total. The van der Waals surface area contributed by atoms with Crippen LogP contribution in [0, 0.1) is 11.8 Å². The second-order valence-corrected chi connectivity index (χ2v) is 11.5. The lowest BCUT2D eigenvalue weighted by molar-refractivity contribution is -0.139. The first-order chi connectivity index (χ1) is 16.4. The Balaban J connectivity index is 1.61. The molecule has 0 aliphatic carbocycles. The van der Waals surface area contributed by atoms with Crippen molar-refractivity contribution in [2.24, 2.45) is 11.8 Å². The van der Waals surface area contributed by atoms with E-state index in [-0.39, 0.29) is 29.6 Å². The summed E-state index contributed by atoms with van der Waals surface area (Å²) in [6, 6.07) is 6.45. The maximum absolute atomic E-state index is 13.8. The van der Waals surface area contributed by atoms with Gasteiger partial charge in [0.05, 0.1) is 27.3 Å². The van der Waals surface area contributed by atoms with Gasteiger partial charge in [-0.1, -0.05) is 43.5 Å². The number of unbranched alkanes of at least 4 members (excludes halogenated alkanes) is 3. The molecule has 2 unspecified atom stereocenters. The molecule has 3 aliphatic heterocycles. The van der Waals surface area contributed by atoms with Crippen LogP contribution in [0.4, 0.5) is 5.69 Å². The number of rotatable bonds is 11. The van der Waals surface area contributed by atoms with E-state index in [9.17, 15) is 14.4 Å². The SMILES string of the molecule is CCCNC(=O)[C@@H]1[C@@H]2CCC3(S2)C(C(=O)Nc2ccccc2Cl)N(CCCCCCO)C(=O)[C@H]13. The van der Waals surface area contributed by atoms with Crippen LogP contribution in [0.1, 0.15) is 51.9 Å². The summed E-state index contributed by atoms with van der Waals surface area (Å²) in [6.45, 7) is 3.22. The van der Waals surface area contributed by atoms with E-state index >= 15 is 0 Å².